The molecule has 1 saturated heterocycles. The van der Waals surface area contributed by atoms with E-state index in [2.05, 4.69) is 15.0 Å². The molecule has 1 aromatic heterocycles. The molecular formula is C12H18N4O3. The summed E-state index contributed by atoms with van der Waals surface area (Å²) in [7, 11) is 0. The zero-order chi connectivity index (χ0) is 13.8. The Kier molecular flexibility index (Phi) is 4.18. The van der Waals surface area contributed by atoms with Gasteiger partial charge in [-0.15, -0.1) is 0 Å². The molecule has 7 nitrogen and oxygen atoms in total. The first-order chi connectivity index (χ1) is 9.13. The lowest BCUT2D eigenvalue weighted by molar-refractivity contribution is -0.0421. The van der Waals surface area contributed by atoms with E-state index in [0.29, 0.717) is 12.2 Å². The second-order valence-electron chi connectivity index (χ2n) is 4.54. The summed E-state index contributed by atoms with van der Waals surface area (Å²) < 4.78 is 5.59. The minimum atomic E-state index is -0.204. The van der Waals surface area contributed by atoms with Gasteiger partial charge in [-0.25, -0.2) is 0 Å². The van der Waals surface area contributed by atoms with Crippen molar-refractivity contribution < 1.29 is 15.1 Å². The Morgan fingerprint density at radius 2 is 2.42 bits per heavy atom. The Bertz CT molecular complexity index is 466. The van der Waals surface area contributed by atoms with E-state index in [1.165, 1.54) is 0 Å². The third-order valence-electron chi connectivity index (χ3n) is 3.01. The number of ether oxygens (including phenoxy) is 1. The number of aliphatic hydroxyl groups excluding tert-OH is 1. The number of hydrogen-bond acceptors (Lipinski definition) is 6. The van der Waals surface area contributed by atoms with E-state index in [0.717, 1.165) is 12.2 Å². The van der Waals surface area contributed by atoms with Crippen molar-refractivity contribution in [2.45, 2.75) is 19.1 Å². The Balaban J connectivity index is 2.21. The van der Waals surface area contributed by atoms with Gasteiger partial charge in [0.25, 0.3) is 0 Å². The minimum Gasteiger partial charge on any atom is -0.409 e. The van der Waals surface area contributed by atoms with Crippen molar-refractivity contribution in [1.82, 2.24) is 4.98 Å². The van der Waals surface area contributed by atoms with Crippen LogP contribution in [-0.4, -0.2) is 53.0 Å². The maximum Gasteiger partial charge on any atom is 0.188 e. The predicted molar refractivity (Wildman–Crippen MR) is 70.4 cm³/mol. The highest BCUT2D eigenvalue weighted by Gasteiger charge is 2.25. The average molecular weight is 266 g/mol. The van der Waals surface area contributed by atoms with E-state index in [-0.39, 0.29) is 24.7 Å². The molecule has 4 N–H and O–H groups in total. The van der Waals surface area contributed by atoms with Crippen LogP contribution in [0.15, 0.2) is 23.5 Å². The number of hydrogen-bond donors (Lipinski definition) is 3. The number of oxime groups is 1. The lowest BCUT2D eigenvalue weighted by Crippen LogP contribution is -2.48. The minimum absolute atomic E-state index is 0.0149. The number of aliphatic hydroxyl groups is 1. The summed E-state index contributed by atoms with van der Waals surface area (Å²) in [5.74, 6) is -0.0260. The Labute approximate surface area is 111 Å². The second-order valence-corrected chi connectivity index (χ2v) is 4.54. The first kappa shape index (κ1) is 13.6. The van der Waals surface area contributed by atoms with Crippen molar-refractivity contribution in [2.75, 3.05) is 24.6 Å². The van der Waals surface area contributed by atoms with Gasteiger partial charge in [-0.2, -0.15) is 0 Å². The molecule has 0 spiro atoms. The van der Waals surface area contributed by atoms with Crippen LogP contribution in [0.25, 0.3) is 0 Å². The maximum atomic E-state index is 9.22. The third kappa shape index (κ3) is 3.12. The van der Waals surface area contributed by atoms with Gasteiger partial charge in [0.15, 0.2) is 5.84 Å². The molecule has 0 saturated carbocycles. The van der Waals surface area contributed by atoms with Crippen molar-refractivity contribution in [1.29, 1.82) is 0 Å². The topological polar surface area (TPSA) is 104 Å². The Morgan fingerprint density at radius 3 is 3.11 bits per heavy atom. The Hall–Kier alpha value is -1.86. The molecule has 0 bridgehead atoms. The molecule has 0 radical (unpaired) electrons. The molecule has 2 rings (SSSR count). The van der Waals surface area contributed by atoms with Gasteiger partial charge in [-0.05, 0) is 19.1 Å². The summed E-state index contributed by atoms with van der Waals surface area (Å²) in [5, 5.41) is 20.8. The second kappa shape index (κ2) is 5.85. The molecular weight excluding hydrogens is 248 g/mol. The molecule has 2 unspecified atom stereocenters. The van der Waals surface area contributed by atoms with Crippen LogP contribution in [0.4, 0.5) is 5.69 Å². The maximum absolute atomic E-state index is 9.22. The number of anilines is 1. The summed E-state index contributed by atoms with van der Waals surface area (Å²) in [4.78, 5) is 6.13. The first-order valence-electron chi connectivity index (χ1n) is 6.09. The van der Waals surface area contributed by atoms with Gasteiger partial charge in [0.2, 0.25) is 0 Å². The summed E-state index contributed by atoms with van der Waals surface area (Å²) in [5.41, 5.74) is 6.85. The third-order valence-corrected chi connectivity index (χ3v) is 3.01. The summed E-state index contributed by atoms with van der Waals surface area (Å²) >= 11 is 0. The number of aromatic nitrogens is 1. The highest BCUT2D eigenvalue weighted by atomic mass is 16.5. The highest BCUT2D eigenvalue weighted by Crippen LogP contribution is 2.20. The van der Waals surface area contributed by atoms with Crippen molar-refractivity contribution in [3.63, 3.8) is 0 Å². The molecule has 1 aromatic rings. The zero-order valence-corrected chi connectivity index (χ0v) is 10.7. The zero-order valence-electron chi connectivity index (χ0n) is 10.7. The number of rotatable bonds is 3. The van der Waals surface area contributed by atoms with Gasteiger partial charge in [0, 0.05) is 25.0 Å². The van der Waals surface area contributed by atoms with Gasteiger partial charge >= 0.3 is 0 Å². The van der Waals surface area contributed by atoms with Gasteiger partial charge in [-0.1, -0.05) is 5.16 Å². The monoisotopic (exact) mass is 266 g/mol. The Morgan fingerprint density at radius 1 is 1.63 bits per heavy atom. The van der Waals surface area contributed by atoms with Gasteiger partial charge in [0.05, 0.1) is 18.8 Å². The van der Waals surface area contributed by atoms with E-state index in [4.69, 9.17) is 15.7 Å². The van der Waals surface area contributed by atoms with Crippen LogP contribution in [0.5, 0.6) is 0 Å². The van der Waals surface area contributed by atoms with Crippen molar-refractivity contribution >= 4 is 11.5 Å². The van der Waals surface area contributed by atoms with Crippen molar-refractivity contribution in [2.24, 2.45) is 10.9 Å². The molecule has 7 heteroatoms. The standard InChI is InChI=1S/C12H18N4O3/c1-8-5-16(6-10(7-17)19-8)9-2-3-14-11(4-9)12(13)15-18/h2-4,8,10,17-18H,5-7H2,1H3,(H2,13,15). The van der Waals surface area contributed by atoms with Gasteiger partial charge in [0.1, 0.15) is 5.69 Å². The number of nitrogens with zero attached hydrogens (tertiary/aromatic N) is 3. The molecule has 2 heterocycles. The smallest absolute Gasteiger partial charge is 0.188 e. The normalized spacial score (nSPS) is 24.5. The van der Waals surface area contributed by atoms with Crippen molar-refractivity contribution in [3.8, 4) is 0 Å². The molecule has 0 amide bonds. The predicted octanol–water partition coefficient (Wildman–Crippen LogP) is -0.238. The van der Waals surface area contributed by atoms with Crippen LogP contribution >= 0.6 is 0 Å². The van der Waals surface area contributed by atoms with Crippen LogP contribution in [0.2, 0.25) is 0 Å². The number of morpholine rings is 1. The molecule has 1 aliphatic heterocycles. The average Bonchev–Trinajstić information content (AvgIpc) is 2.45. The van der Waals surface area contributed by atoms with Gasteiger partial charge < -0.3 is 25.7 Å². The summed E-state index contributed by atoms with van der Waals surface area (Å²) in [6.45, 7) is 3.26. The van der Waals surface area contributed by atoms with Crippen LogP contribution in [-0.2, 0) is 4.74 Å². The molecule has 19 heavy (non-hydrogen) atoms. The van der Waals surface area contributed by atoms with E-state index in [1.54, 1.807) is 12.3 Å². The molecule has 0 aliphatic carbocycles. The fourth-order valence-electron chi connectivity index (χ4n) is 2.16. The van der Waals surface area contributed by atoms with Crippen LogP contribution < -0.4 is 10.6 Å². The number of pyridine rings is 1. The number of nitrogens with two attached hydrogens (primary N) is 1. The van der Waals surface area contributed by atoms with Crippen LogP contribution in [0, 0.1) is 0 Å². The summed E-state index contributed by atoms with van der Waals surface area (Å²) in [6, 6.07) is 3.60. The van der Waals surface area contributed by atoms with E-state index >= 15 is 0 Å². The molecule has 1 fully saturated rings. The van der Waals surface area contributed by atoms with E-state index in [1.807, 2.05) is 13.0 Å². The van der Waals surface area contributed by atoms with Crippen LogP contribution in [0.1, 0.15) is 12.6 Å². The molecule has 0 aromatic carbocycles. The van der Waals surface area contributed by atoms with Gasteiger partial charge in [-0.3, -0.25) is 4.98 Å². The lowest BCUT2D eigenvalue weighted by Gasteiger charge is -2.37. The summed E-state index contributed by atoms with van der Waals surface area (Å²) in [6.07, 6.45) is 1.44. The molecule has 1 aliphatic rings. The van der Waals surface area contributed by atoms with E-state index in [9.17, 15) is 5.11 Å². The SMILES string of the molecule is CC1CN(c2ccnc(/C(N)=N/O)c2)CC(CO)O1. The fraction of sp³-hybridized carbons (Fsp3) is 0.500. The quantitative estimate of drug-likeness (QED) is 0.302. The lowest BCUT2D eigenvalue weighted by atomic mass is 10.2. The molecule has 104 valence electrons. The van der Waals surface area contributed by atoms with Crippen molar-refractivity contribution in [3.05, 3.63) is 24.0 Å². The number of amidine groups is 1. The molecule has 2 atom stereocenters. The van der Waals surface area contributed by atoms with E-state index < -0.39 is 0 Å². The largest absolute Gasteiger partial charge is 0.409 e. The van der Waals surface area contributed by atoms with Crippen LogP contribution in [0.3, 0.4) is 0 Å². The fourth-order valence-corrected chi connectivity index (χ4v) is 2.16. The highest BCUT2D eigenvalue weighted by molar-refractivity contribution is 5.95. The first-order valence-corrected chi connectivity index (χ1v) is 6.09.